The minimum absolute atomic E-state index is 0.242. The lowest BCUT2D eigenvalue weighted by Crippen LogP contribution is -2.34. The van der Waals surface area contributed by atoms with Crippen LogP contribution < -0.4 is 9.62 Å². The molecule has 138 valence electrons. The highest BCUT2D eigenvalue weighted by Gasteiger charge is 2.24. The molecule has 26 heavy (non-hydrogen) atoms. The van der Waals surface area contributed by atoms with Crippen LogP contribution in [0.3, 0.4) is 0 Å². The van der Waals surface area contributed by atoms with E-state index in [2.05, 4.69) is 10.4 Å². The van der Waals surface area contributed by atoms with Crippen molar-refractivity contribution in [2.24, 2.45) is 0 Å². The number of carboxylic acid groups (broad SMARTS) is 1. The molecule has 10 heteroatoms. The van der Waals surface area contributed by atoms with Gasteiger partial charge in [-0.25, -0.2) is 8.42 Å². The molecule has 0 bridgehead atoms. The lowest BCUT2D eigenvalue weighted by atomic mass is 10.0. The number of carboxylic acids is 1. The van der Waals surface area contributed by atoms with Crippen LogP contribution in [0.25, 0.3) is 0 Å². The first-order chi connectivity index (χ1) is 12.2. The molecule has 2 N–H and O–H groups in total. The van der Waals surface area contributed by atoms with Crippen molar-refractivity contribution in [1.29, 1.82) is 0 Å². The first-order valence-electron chi connectivity index (χ1n) is 7.91. The molecule has 1 aromatic carbocycles. The number of amides is 1. The van der Waals surface area contributed by atoms with Gasteiger partial charge in [0.05, 0.1) is 11.9 Å². The summed E-state index contributed by atoms with van der Waals surface area (Å²) in [5.41, 5.74) is 1.78. The van der Waals surface area contributed by atoms with Crippen molar-refractivity contribution in [3.63, 3.8) is 0 Å². The first-order valence-corrected chi connectivity index (χ1v) is 9.76. The van der Waals surface area contributed by atoms with Crippen LogP contribution in [0.2, 0.25) is 0 Å². The van der Waals surface area contributed by atoms with Gasteiger partial charge in [-0.15, -0.1) is 0 Å². The third-order valence-corrected chi connectivity index (χ3v) is 5.18. The summed E-state index contributed by atoms with van der Waals surface area (Å²) in [5.74, 6) is -1.19. The Kier molecular flexibility index (Phi) is 4.68. The summed E-state index contributed by atoms with van der Waals surface area (Å²) in [5, 5.41) is 15.3. The highest BCUT2D eigenvalue weighted by atomic mass is 32.2. The number of aliphatic carboxylic acids is 1. The molecule has 0 saturated heterocycles. The molecule has 2 aromatic rings. The van der Waals surface area contributed by atoms with Crippen molar-refractivity contribution in [2.75, 3.05) is 22.4 Å². The van der Waals surface area contributed by atoms with Crippen LogP contribution in [0.15, 0.2) is 30.5 Å². The van der Waals surface area contributed by atoms with E-state index < -0.39 is 21.9 Å². The SMILES string of the molecule is CS(=O)(=O)N1CCCc2cc(C(=O)Nc3ccn(CC(=O)O)n3)ccc21. The number of hydrogen-bond donors (Lipinski definition) is 2. The van der Waals surface area contributed by atoms with E-state index in [0.29, 0.717) is 30.6 Å². The van der Waals surface area contributed by atoms with E-state index in [1.165, 1.54) is 21.3 Å². The predicted molar refractivity (Wildman–Crippen MR) is 94.8 cm³/mol. The fourth-order valence-corrected chi connectivity index (χ4v) is 3.89. The molecule has 0 aliphatic carbocycles. The molecule has 0 unspecified atom stereocenters. The summed E-state index contributed by atoms with van der Waals surface area (Å²) in [6, 6.07) is 6.38. The molecule has 0 atom stereocenters. The number of nitrogens with zero attached hydrogens (tertiary/aromatic N) is 3. The number of aromatic nitrogens is 2. The van der Waals surface area contributed by atoms with Crippen LogP contribution in [-0.2, 0) is 27.8 Å². The number of nitrogens with one attached hydrogen (secondary N) is 1. The Morgan fingerprint density at radius 1 is 1.31 bits per heavy atom. The maximum Gasteiger partial charge on any atom is 0.325 e. The van der Waals surface area contributed by atoms with Crippen LogP contribution in [0.4, 0.5) is 11.5 Å². The molecule has 1 amide bonds. The summed E-state index contributed by atoms with van der Waals surface area (Å²) >= 11 is 0. The second-order valence-electron chi connectivity index (χ2n) is 6.03. The van der Waals surface area contributed by atoms with Crippen molar-refractivity contribution in [2.45, 2.75) is 19.4 Å². The zero-order chi connectivity index (χ0) is 18.9. The Hall–Kier alpha value is -2.88. The summed E-state index contributed by atoms with van der Waals surface area (Å²) < 4.78 is 26.3. The van der Waals surface area contributed by atoms with Gasteiger partial charge in [0.15, 0.2) is 5.82 Å². The van der Waals surface area contributed by atoms with Crippen molar-refractivity contribution in [1.82, 2.24) is 9.78 Å². The molecule has 2 heterocycles. The van der Waals surface area contributed by atoms with Crippen LogP contribution in [0, 0.1) is 0 Å². The van der Waals surface area contributed by atoms with Gasteiger partial charge < -0.3 is 10.4 Å². The lowest BCUT2D eigenvalue weighted by Gasteiger charge is -2.29. The minimum atomic E-state index is -3.36. The molecule has 0 spiro atoms. The molecular formula is C16H18N4O5S. The van der Waals surface area contributed by atoms with Crippen molar-refractivity contribution in [3.05, 3.63) is 41.6 Å². The Bertz CT molecular complexity index is 967. The molecule has 3 rings (SSSR count). The quantitative estimate of drug-likeness (QED) is 0.798. The van der Waals surface area contributed by atoms with Crippen molar-refractivity contribution in [3.8, 4) is 0 Å². The zero-order valence-electron chi connectivity index (χ0n) is 14.0. The van der Waals surface area contributed by atoms with E-state index in [0.717, 1.165) is 11.8 Å². The zero-order valence-corrected chi connectivity index (χ0v) is 14.9. The molecular weight excluding hydrogens is 360 g/mol. The second kappa shape index (κ2) is 6.79. The molecule has 9 nitrogen and oxygen atoms in total. The van der Waals surface area contributed by atoms with Crippen molar-refractivity contribution < 1.29 is 23.1 Å². The average Bonchev–Trinajstić information content (AvgIpc) is 2.98. The Morgan fingerprint density at radius 3 is 2.77 bits per heavy atom. The lowest BCUT2D eigenvalue weighted by molar-refractivity contribution is -0.137. The van der Waals surface area contributed by atoms with Gasteiger partial charge in [0.25, 0.3) is 5.91 Å². The first kappa shape index (κ1) is 17.9. The maximum absolute atomic E-state index is 12.4. The standard InChI is InChI=1S/C16H18N4O5S/c1-26(24,25)20-7-2-3-11-9-12(4-5-13(11)20)16(23)17-14-6-8-19(18-14)10-15(21)22/h4-6,8-9H,2-3,7,10H2,1H3,(H,21,22)(H,17,18,23). The Labute approximate surface area is 150 Å². The number of carbonyl (C=O) groups is 2. The molecule has 0 saturated carbocycles. The maximum atomic E-state index is 12.4. The molecule has 1 aromatic heterocycles. The summed E-state index contributed by atoms with van der Waals surface area (Å²) in [6.07, 6.45) is 4.00. The predicted octanol–water partition coefficient (Wildman–Crippen LogP) is 0.932. The second-order valence-corrected chi connectivity index (χ2v) is 7.94. The number of rotatable bonds is 5. The number of fused-ring (bicyclic) bond motifs is 1. The molecule has 0 fully saturated rings. The van der Waals surface area contributed by atoms with E-state index in [1.54, 1.807) is 18.2 Å². The number of aryl methyl sites for hydroxylation is 1. The monoisotopic (exact) mass is 378 g/mol. The van der Waals surface area contributed by atoms with Gasteiger partial charge in [-0.05, 0) is 36.6 Å². The smallest absolute Gasteiger partial charge is 0.325 e. The average molecular weight is 378 g/mol. The summed E-state index contributed by atoms with van der Waals surface area (Å²) in [4.78, 5) is 23.1. The Morgan fingerprint density at radius 2 is 2.08 bits per heavy atom. The van der Waals surface area contributed by atoms with Crippen LogP contribution in [-0.4, -0.2) is 48.0 Å². The van der Waals surface area contributed by atoms with Crippen LogP contribution in [0.5, 0.6) is 0 Å². The van der Waals surface area contributed by atoms with Gasteiger partial charge in [0.1, 0.15) is 6.54 Å². The Balaban J connectivity index is 1.79. The third kappa shape index (κ3) is 3.85. The number of sulfonamides is 1. The van der Waals surface area contributed by atoms with Gasteiger partial charge in [0.2, 0.25) is 10.0 Å². The van der Waals surface area contributed by atoms with E-state index in [4.69, 9.17) is 5.11 Å². The normalized spacial score (nSPS) is 14.0. The van der Waals surface area contributed by atoms with Crippen LogP contribution in [0.1, 0.15) is 22.3 Å². The van der Waals surface area contributed by atoms with Gasteiger partial charge >= 0.3 is 5.97 Å². The summed E-state index contributed by atoms with van der Waals surface area (Å²) in [7, 11) is -3.36. The van der Waals surface area contributed by atoms with Gasteiger partial charge in [-0.3, -0.25) is 18.6 Å². The van der Waals surface area contributed by atoms with Gasteiger partial charge in [-0.1, -0.05) is 0 Å². The van der Waals surface area contributed by atoms with Gasteiger partial charge in [0, 0.05) is 24.4 Å². The minimum Gasteiger partial charge on any atom is -0.480 e. The highest BCUT2D eigenvalue weighted by Crippen LogP contribution is 2.30. The molecule has 1 aliphatic rings. The molecule has 0 radical (unpaired) electrons. The topological polar surface area (TPSA) is 122 Å². The van der Waals surface area contributed by atoms with E-state index in [9.17, 15) is 18.0 Å². The number of carbonyl (C=O) groups excluding carboxylic acids is 1. The van der Waals surface area contributed by atoms with Crippen LogP contribution >= 0.6 is 0 Å². The largest absolute Gasteiger partial charge is 0.480 e. The van der Waals surface area contributed by atoms with E-state index in [1.807, 2.05) is 0 Å². The molecule has 1 aliphatic heterocycles. The van der Waals surface area contributed by atoms with E-state index >= 15 is 0 Å². The number of benzene rings is 1. The van der Waals surface area contributed by atoms with E-state index in [-0.39, 0.29) is 12.4 Å². The van der Waals surface area contributed by atoms with Gasteiger partial charge in [-0.2, -0.15) is 5.10 Å². The number of hydrogen-bond acceptors (Lipinski definition) is 5. The fraction of sp³-hybridized carbons (Fsp3) is 0.312. The van der Waals surface area contributed by atoms with Crippen molar-refractivity contribution >= 4 is 33.4 Å². The fourth-order valence-electron chi connectivity index (χ4n) is 2.89. The summed E-state index contributed by atoms with van der Waals surface area (Å²) in [6.45, 7) is 0.133. The highest BCUT2D eigenvalue weighted by molar-refractivity contribution is 7.92. The third-order valence-electron chi connectivity index (χ3n) is 4.00. The number of anilines is 2.